The molecule has 0 aliphatic carbocycles. The first kappa shape index (κ1) is 19.2. The van der Waals surface area contributed by atoms with Crippen molar-refractivity contribution in [3.63, 3.8) is 0 Å². The van der Waals surface area contributed by atoms with E-state index in [-0.39, 0.29) is 23.7 Å². The Morgan fingerprint density at radius 3 is 2.85 bits per heavy atom. The first-order chi connectivity index (χ1) is 12.3. The lowest BCUT2D eigenvalue weighted by molar-refractivity contribution is -0.384. The van der Waals surface area contributed by atoms with Crippen LogP contribution in [0, 0.1) is 10.1 Å². The molecule has 0 unspecified atom stereocenters. The predicted octanol–water partition coefficient (Wildman–Crippen LogP) is 0.778. The number of hydrogen-bond acceptors (Lipinski definition) is 7. The molecule has 2 amide bonds. The number of nitrogens with one attached hydrogen (secondary N) is 1. The Labute approximate surface area is 149 Å². The summed E-state index contributed by atoms with van der Waals surface area (Å²) in [4.78, 5) is 47.3. The number of nitro groups is 1. The van der Waals surface area contributed by atoms with Gasteiger partial charge in [0.05, 0.1) is 10.6 Å². The smallest absolute Gasteiger partial charge is 0.326 e. The van der Waals surface area contributed by atoms with Gasteiger partial charge in [0, 0.05) is 18.7 Å². The Hall–Kier alpha value is -3.17. The molecular formula is C16H19N3O7. The molecular weight excluding hydrogens is 346 g/mol. The van der Waals surface area contributed by atoms with E-state index in [2.05, 4.69) is 5.32 Å². The summed E-state index contributed by atoms with van der Waals surface area (Å²) in [5, 5.41) is 13.5. The normalized spacial score (nSPS) is 14.1. The highest BCUT2D eigenvalue weighted by molar-refractivity contribution is 6.01. The molecule has 0 bridgehead atoms. The molecule has 0 saturated heterocycles. The highest BCUT2D eigenvalue weighted by Gasteiger charge is 2.30. The first-order valence-electron chi connectivity index (χ1n) is 8.02. The number of rotatable bonds is 7. The Balaban J connectivity index is 2.10. The van der Waals surface area contributed by atoms with Crippen LogP contribution in [0.1, 0.15) is 20.3 Å². The summed E-state index contributed by atoms with van der Waals surface area (Å²) in [7, 11) is 0. The molecule has 0 fully saturated rings. The van der Waals surface area contributed by atoms with Crippen LogP contribution in [0.25, 0.3) is 0 Å². The van der Waals surface area contributed by atoms with Crippen LogP contribution in [0.2, 0.25) is 0 Å². The van der Waals surface area contributed by atoms with Gasteiger partial charge in [0.15, 0.2) is 12.7 Å². The Bertz CT molecular complexity index is 735. The molecule has 26 heavy (non-hydrogen) atoms. The highest BCUT2D eigenvalue weighted by Crippen LogP contribution is 2.35. The quantitative estimate of drug-likeness (QED) is 0.429. The number of benzene rings is 1. The molecule has 1 aliphatic heterocycles. The standard InChI is InChI=1S/C16H19N3O7/c1-3-6-17-16(22)10(2)26-15(21)8-18-12-7-11(19(23)24)4-5-13(12)25-9-14(18)20/h4-5,7,10H,3,6,8-9H2,1-2H3,(H,17,22)/t10-/m1/s1. The maximum atomic E-state index is 12.1. The van der Waals surface area contributed by atoms with Crippen molar-refractivity contribution in [1.29, 1.82) is 0 Å². The molecule has 0 radical (unpaired) electrons. The number of hydrogen-bond donors (Lipinski definition) is 1. The summed E-state index contributed by atoms with van der Waals surface area (Å²) in [5.74, 6) is -1.55. The van der Waals surface area contributed by atoms with Gasteiger partial charge in [-0.1, -0.05) is 6.92 Å². The van der Waals surface area contributed by atoms with E-state index in [1.165, 1.54) is 19.1 Å². The van der Waals surface area contributed by atoms with Gasteiger partial charge in [-0.05, 0) is 19.4 Å². The van der Waals surface area contributed by atoms with Crippen molar-refractivity contribution < 1.29 is 28.8 Å². The van der Waals surface area contributed by atoms with Gasteiger partial charge in [0.1, 0.15) is 12.3 Å². The monoisotopic (exact) mass is 365 g/mol. The molecule has 1 aliphatic rings. The fraction of sp³-hybridized carbons (Fsp3) is 0.438. The molecule has 1 aromatic carbocycles. The molecule has 0 aromatic heterocycles. The summed E-state index contributed by atoms with van der Waals surface area (Å²) in [6.07, 6.45) is -0.278. The van der Waals surface area contributed by atoms with Crippen molar-refractivity contribution in [2.45, 2.75) is 26.4 Å². The molecule has 1 heterocycles. The molecule has 140 valence electrons. The minimum absolute atomic E-state index is 0.107. The zero-order valence-electron chi connectivity index (χ0n) is 14.4. The molecule has 2 rings (SSSR count). The number of ether oxygens (including phenoxy) is 2. The fourth-order valence-electron chi connectivity index (χ4n) is 2.29. The number of carbonyl (C=O) groups excluding carboxylic acids is 3. The first-order valence-corrected chi connectivity index (χ1v) is 8.02. The Morgan fingerprint density at radius 1 is 1.46 bits per heavy atom. The Morgan fingerprint density at radius 2 is 2.19 bits per heavy atom. The second-order valence-electron chi connectivity index (χ2n) is 5.60. The van der Waals surface area contributed by atoms with Gasteiger partial charge >= 0.3 is 5.97 Å². The van der Waals surface area contributed by atoms with Crippen molar-refractivity contribution in [2.75, 3.05) is 24.6 Å². The van der Waals surface area contributed by atoms with Crippen molar-refractivity contribution in [3.8, 4) is 5.75 Å². The van der Waals surface area contributed by atoms with Crippen LogP contribution in [-0.2, 0) is 19.1 Å². The average molecular weight is 365 g/mol. The molecule has 1 N–H and O–H groups in total. The van der Waals surface area contributed by atoms with Crippen LogP contribution in [0.4, 0.5) is 11.4 Å². The Kier molecular flexibility index (Phi) is 6.10. The van der Waals surface area contributed by atoms with E-state index in [0.717, 1.165) is 17.4 Å². The number of nitro benzene ring substituents is 1. The van der Waals surface area contributed by atoms with Crippen molar-refractivity contribution in [3.05, 3.63) is 28.3 Å². The van der Waals surface area contributed by atoms with Gasteiger partial charge in [0.25, 0.3) is 17.5 Å². The second-order valence-corrected chi connectivity index (χ2v) is 5.60. The third-order valence-corrected chi connectivity index (χ3v) is 3.61. The third kappa shape index (κ3) is 4.47. The average Bonchev–Trinajstić information content (AvgIpc) is 2.61. The van der Waals surface area contributed by atoms with Gasteiger partial charge < -0.3 is 14.8 Å². The van der Waals surface area contributed by atoms with Gasteiger partial charge in [-0.2, -0.15) is 0 Å². The lowest BCUT2D eigenvalue weighted by Crippen LogP contribution is -2.44. The van der Waals surface area contributed by atoms with E-state index in [1.807, 2.05) is 6.92 Å². The second kappa shape index (κ2) is 8.28. The van der Waals surface area contributed by atoms with E-state index in [4.69, 9.17) is 9.47 Å². The van der Waals surface area contributed by atoms with Crippen LogP contribution in [-0.4, -0.2) is 48.5 Å². The van der Waals surface area contributed by atoms with E-state index < -0.39 is 35.4 Å². The van der Waals surface area contributed by atoms with Crippen LogP contribution >= 0.6 is 0 Å². The minimum Gasteiger partial charge on any atom is -0.482 e. The minimum atomic E-state index is -1.02. The summed E-state index contributed by atoms with van der Waals surface area (Å²) >= 11 is 0. The topological polar surface area (TPSA) is 128 Å². The van der Waals surface area contributed by atoms with E-state index in [1.54, 1.807) is 0 Å². The van der Waals surface area contributed by atoms with E-state index >= 15 is 0 Å². The molecule has 1 aromatic rings. The highest BCUT2D eigenvalue weighted by atomic mass is 16.6. The predicted molar refractivity (Wildman–Crippen MR) is 89.8 cm³/mol. The van der Waals surface area contributed by atoms with Gasteiger partial charge in [-0.25, -0.2) is 0 Å². The largest absolute Gasteiger partial charge is 0.482 e. The van der Waals surface area contributed by atoms with E-state index in [0.29, 0.717) is 6.54 Å². The van der Waals surface area contributed by atoms with E-state index in [9.17, 15) is 24.5 Å². The lowest BCUT2D eigenvalue weighted by Gasteiger charge is -2.28. The summed E-state index contributed by atoms with van der Waals surface area (Å²) in [6.45, 7) is 2.98. The third-order valence-electron chi connectivity index (χ3n) is 3.61. The molecule has 0 spiro atoms. The SMILES string of the molecule is CCCNC(=O)[C@@H](C)OC(=O)CN1C(=O)COc2ccc([N+](=O)[O-])cc21. The van der Waals surface area contributed by atoms with Gasteiger partial charge in [-0.15, -0.1) is 0 Å². The molecule has 1 atom stereocenters. The van der Waals surface area contributed by atoms with Gasteiger partial charge in [-0.3, -0.25) is 29.4 Å². The number of esters is 1. The van der Waals surface area contributed by atoms with Crippen LogP contribution in [0.3, 0.4) is 0 Å². The van der Waals surface area contributed by atoms with Crippen molar-refractivity contribution in [2.24, 2.45) is 0 Å². The van der Waals surface area contributed by atoms with Crippen molar-refractivity contribution in [1.82, 2.24) is 5.32 Å². The molecule has 10 nitrogen and oxygen atoms in total. The van der Waals surface area contributed by atoms with Crippen LogP contribution in [0.15, 0.2) is 18.2 Å². The number of carbonyl (C=O) groups is 3. The van der Waals surface area contributed by atoms with Gasteiger partial charge in [0.2, 0.25) is 0 Å². The van der Waals surface area contributed by atoms with Crippen LogP contribution < -0.4 is 15.0 Å². The fourth-order valence-corrected chi connectivity index (χ4v) is 2.29. The zero-order chi connectivity index (χ0) is 19.3. The summed E-state index contributed by atoms with van der Waals surface area (Å²) in [6, 6.07) is 3.75. The number of fused-ring (bicyclic) bond motifs is 1. The molecule has 0 saturated carbocycles. The maximum absolute atomic E-state index is 12.1. The van der Waals surface area contributed by atoms with Crippen molar-refractivity contribution >= 4 is 29.2 Å². The number of amides is 2. The zero-order valence-corrected chi connectivity index (χ0v) is 14.4. The number of nitrogens with zero attached hydrogens (tertiary/aromatic N) is 2. The maximum Gasteiger partial charge on any atom is 0.326 e. The summed E-state index contributed by atoms with van der Waals surface area (Å²) < 4.78 is 10.2. The number of anilines is 1. The number of non-ortho nitro benzene ring substituents is 1. The molecule has 10 heteroatoms. The lowest BCUT2D eigenvalue weighted by atomic mass is 10.2. The van der Waals surface area contributed by atoms with Crippen LogP contribution in [0.5, 0.6) is 5.75 Å². The summed E-state index contributed by atoms with van der Waals surface area (Å²) in [5.41, 5.74) is -0.136.